The van der Waals surface area contributed by atoms with Crippen LogP contribution in [0.5, 0.6) is 0 Å². The number of amides is 1. The number of hydrogen-bond donors (Lipinski definition) is 2. The summed E-state index contributed by atoms with van der Waals surface area (Å²) in [4.78, 5) is 14.6. The van der Waals surface area contributed by atoms with Crippen molar-refractivity contribution in [2.75, 3.05) is 24.2 Å². The maximum Gasteiger partial charge on any atom is 0.246 e. The highest BCUT2D eigenvalue weighted by atomic mass is 16.2. The molecule has 1 aliphatic carbocycles. The molecule has 0 bridgehead atoms. The molecule has 1 unspecified atom stereocenters. The summed E-state index contributed by atoms with van der Waals surface area (Å²) >= 11 is 0. The molecule has 4 nitrogen and oxygen atoms in total. The Hall–Kier alpha value is -1.71. The van der Waals surface area contributed by atoms with Crippen LogP contribution >= 0.6 is 0 Å². The molecule has 1 aromatic carbocycles. The van der Waals surface area contributed by atoms with Gasteiger partial charge < -0.3 is 15.5 Å². The third kappa shape index (κ3) is 2.60. The third-order valence-corrected chi connectivity index (χ3v) is 4.52. The Morgan fingerprint density at radius 3 is 2.60 bits per heavy atom. The Kier molecular flexibility index (Phi) is 3.81. The fraction of sp³-hybridized carbons (Fsp3) is 0.562. The predicted octanol–water partition coefficient (Wildman–Crippen LogP) is 2.68. The van der Waals surface area contributed by atoms with Crippen LogP contribution in [-0.2, 0) is 4.79 Å². The molecule has 108 valence electrons. The lowest BCUT2D eigenvalue weighted by Crippen LogP contribution is -2.50. The maximum absolute atomic E-state index is 12.6. The number of carbonyl (C=O) groups is 1. The highest BCUT2D eigenvalue weighted by Crippen LogP contribution is 2.27. The molecule has 0 aromatic heterocycles. The van der Waals surface area contributed by atoms with Gasteiger partial charge in [-0.05, 0) is 25.0 Å². The number of hydrogen-bond acceptors (Lipinski definition) is 3. The SMILES string of the molecule is CN(C(=O)C1CNc2ccccc2N1)C1CCCCC1. The molecule has 20 heavy (non-hydrogen) atoms. The molecule has 2 N–H and O–H groups in total. The van der Waals surface area contributed by atoms with E-state index in [0.717, 1.165) is 24.2 Å². The molecule has 1 atom stereocenters. The fourth-order valence-electron chi connectivity index (χ4n) is 3.26. The van der Waals surface area contributed by atoms with Crippen molar-refractivity contribution < 1.29 is 4.79 Å². The Labute approximate surface area is 120 Å². The van der Waals surface area contributed by atoms with Crippen LogP contribution in [0.2, 0.25) is 0 Å². The number of nitrogens with zero attached hydrogens (tertiary/aromatic N) is 1. The van der Waals surface area contributed by atoms with Gasteiger partial charge in [0.25, 0.3) is 0 Å². The van der Waals surface area contributed by atoms with Crippen molar-refractivity contribution >= 4 is 17.3 Å². The van der Waals surface area contributed by atoms with Crippen molar-refractivity contribution in [2.45, 2.75) is 44.2 Å². The molecule has 2 aliphatic rings. The topological polar surface area (TPSA) is 44.4 Å². The van der Waals surface area contributed by atoms with Crippen molar-refractivity contribution in [1.29, 1.82) is 0 Å². The Morgan fingerprint density at radius 1 is 1.15 bits per heavy atom. The first-order valence-corrected chi connectivity index (χ1v) is 7.62. The standard InChI is InChI=1S/C16H23N3O/c1-19(12-7-3-2-4-8-12)16(20)15-11-17-13-9-5-6-10-14(13)18-15/h5-6,9-10,12,15,17-18H,2-4,7-8,11H2,1H3. The van der Waals surface area contributed by atoms with Gasteiger partial charge in [0.1, 0.15) is 6.04 Å². The highest BCUT2D eigenvalue weighted by Gasteiger charge is 2.30. The molecule has 1 fully saturated rings. The second kappa shape index (κ2) is 5.73. The maximum atomic E-state index is 12.6. The van der Waals surface area contributed by atoms with Gasteiger partial charge in [0.15, 0.2) is 0 Å². The Balaban J connectivity index is 1.66. The molecule has 1 saturated carbocycles. The van der Waals surface area contributed by atoms with Crippen LogP contribution in [0.1, 0.15) is 32.1 Å². The van der Waals surface area contributed by atoms with Crippen LogP contribution in [-0.4, -0.2) is 36.5 Å². The number of benzene rings is 1. The van der Waals surface area contributed by atoms with Crippen LogP contribution in [0.15, 0.2) is 24.3 Å². The lowest BCUT2D eigenvalue weighted by atomic mass is 9.94. The van der Waals surface area contributed by atoms with E-state index in [1.807, 2.05) is 36.2 Å². The number of nitrogens with one attached hydrogen (secondary N) is 2. The molecule has 4 heteroatoms. The minimum absolute atomic E-state index is 0.156. The number of para-hydroxylation sites is 2. The first-order chi connectivity index (χ1) is 9.75. The normalized spacial score (nSPS) is 22.4. The number of likely N-dealkylation sites (N-methyl/N-ethyl adjacent to an activating group) is 1. The van der Waals surface area contributed by atoms with Crippen molar-refractivity contribution in [3.8, 4) is 0 Å². The van der Waals surface area contributed by atoms with E-state index in [2.05, 4.69) is 10.6 Å². The quantitative estimate of drug-likeness (QED) is 0.870. The van der Waals surface area contributed by atoms with Gasteiger partial charge in [0.2, 0.25) is 5.91 Å². The predicted molar refractivity (Wildman–Crippen MR) is 82.0 cm³/mol. The van der Waals surface area contributed by atoms with Gasteiger partial charge in [-0.2, -0.15) is 0 Å². The van der Waals surface area contributed by atoms with Gasteiger partial charge >= 0.3 is 0 Å². The van der Waals surface area contributed by atoms with Crippen LogP contribution in [0.25, 0.3) is 0 Å². The molecule has 0 saturated heterocycles. The molecule has 1 heterocycles. The largest absolute Gasteiger partial charge is 0.381 e. The van der Waals surface area contributed by atoms with Gasteiger partial charge in [-0.1, -0.05) is 31.4 Å². The summed E-state index contributed by atoms with van der Waals surface area (Å²) in [6.07, 6.45) is 6.12. The zero-order valence-corrected chi connectivity index (χ0v) is 12.1. The van der Waals surface area contributed by atoms with Gasteiger partial charge in [-0.25, -0.2) is 0 Å². The van der Waals surface area contributed by atoms with Crippen molar-refractivity contribution in [3.63, 3.8) is 0 Å². The van der Waals surface area contributed by atoms with E-state index in [4.69, 9.17) is 0 Å². The van der Waals surface area contributed by atoms with Gasteiger partial charge in [0, 0.05) is 19.6 Å². The molecule has 1 aliphatic heterocycles. The number of anilines is 2. The van der Waals surface area contributed by atoms with Crippen LogP contribution in [0, 0.1) is 0 Å². The first kappa shape index (κ1) is 13.3. The van der Waals surface area contributed by atoms with Gasteiger partial charge in [-0.15, -0.1) is 0 Å². The van der Waals surface area contributed by atoms with E-state index >= 15 is 0 Å². The van der Waals surface area contributed by atoms with Crippen molar-refractivity contribution in [3.05, 3.63) is 24.3 Å². The Morgan fingerprint density at radius 2 is 1.85 bits per heavy atom. The van der Waals surface area contributed by atoms with Gasteiger partial charge in [-0.3, -0.25) is 4.79 Å². The van der Waals surface area contributed by atoms with Crippen LogP contribution in [0.3, 0.4) is 0 Å². The molecule has 0 radical (unpaired) electrons. The van der Waals surface area contributed by atoms with Gasteiger partial charge in [0.05, 0.1) is 11.4 Å². The average molecular weight is 273 g/mol. The second-order valence-electron chi connectivity index (χ2n) is 5.86. The van der Waals surface area contributed by atoms with Crippen LogP contribution in [0.4, 0.5) is 11.4 Å². The lowest BCUT2D eigenvalue weighted by Gasteiger charge is -2.36. The van der Waals surface area contributed by atoms with E-state index in [-0.39, 0.29) is 11.9 Å². The summed E-state index contributed by atoms with van der Waals surface area (Å²) in [7, 11) is 1.96. The third-order valence-electron chi connectivity index (χ3n) is 4.52. The molecular formula is C16H23N3O. The number of fused-ring (bicyclic) bond motifs is 1. The summed E-state index contributed by atoms with van der Waals surface area (Å²) in [5, 5.41) is 6.70. The summed E-state index contributed by atoms with van der Waals surface area (Å²) < 4.78 is 0. The zero-order valence-electron chi connectivity index (χ0n) is 12.1. The summed E-state index contributed by atoms with van der Waals surface area (Å²) in [6, 6.07) is 8.32. The lowest BCUT2D eigenvalue weighted by molar-refractivity contribution is -0.133. The fourth-order valence-corrected chi connectivity index (χ4v) is 3.26. The van der Waals surface area contributed by atoms with E-state index in [0.29, 0.717) is 12.6 Å². The Bertz CT molecular complexity index is 482. The molecule has 1 aromatic rings. The zero-order chi connectivity index (χ0) is 13.9. The molecule has 3 rings (SSSR count). The number of carbonyl (C=O) groups excluding carboxylic acids is 1. The van der Waals surface area contributed by atoms with E-state index in [9.17, 15) is 4.79 Å². The minimum Gasteiger partial charge on any atom is -0.381 e. The number of rotatable bonds is 2. The van der Waals surface area contributed by atoms with E-state index in [1.165, 1.54) is 19.3 Å². The van der Waals surface area contributed by atoms with Crippen molar-refractivity contribution in [2.24, 2.45) is 0 Å². The highest BCUT2D eigenvalue weighted by molar-refractivity contribution is 5.88. The second-order valence-corrected chi connectivity index (χ2v) is 5.86. The summed E-state index contributed by atoms with van der Waals surface area (Å²) in [5.41, 5.74) is 2.10. The molecule has 1 amide bonds. The average Bonchev–Trinajstić information content (AvgIpc) is 2.54. The molecular weight excluding hydrogens is 250 g/mol. The first-order valence-electron chi connectivity index (χ1n) is 7.62. The van der Waals surface area contributed by atoms with E-state index < -0.39 is 0 Å². The molecule has 0 spiro atoms. The van der Waals surface area contributed by atoms with Crippen LogP contribution < -0.4 is 10.6 Å². The summed E-state index contributed by atoms with van der Waals surface area (Å²) in [6.45, 7) is 0.660. The van der Waals surface area contributed by atoms with Crippen molar-refractivity contribution in [1.82, 2.24) is 4.90 Å². The minimum atomic E-state index is -0.156. The smallest absolute Gasteiger partial charge is 0.246 e. The van der Waals surface area contributed by atoms with E-state index in [1.54, 1.807) is 0 Å². The summed E-state index contributed by atoms with van der Waals surface area (Å²) in [5.74, 6) is 0.207. The monoisotopic (exact) mass is 273 g/mol.